The summed E-state index contributed by atoms with van der Waals surface area (Å²) in [4.78, 5) is 1.49. The van der Waals surface area contributed by atoms with Crippen molar-refractivity contribution in [1.29, 1.82) is 0 Å². The van der Waals surface area contributed by atoms with E-state index in [0.717, 1.165) is 21.6 Å². The molecule has 1 unspecified atom stereocenters. The highest BCUT2D eigenvalue weighted by atomic mass is 32.2. The minimum atomic E-state index is -1.16. The quantitative estimate of drug-likeness (QED) is 0.581. The normalized spacial score (nSPS) is 17.0. The van der Waals surface area contributed by atoms with Crippen molar-refractivity contribution in [1.82, 2.24) is 0 Å². The fourth-order valence-electron chi connectivity index (χ4n) is 2.01. The van der Waals surface area contributed by atoms with Crippen molar-refractivity contribution < 1.29 is 8.60 Å². The number of rotatable bonds is 0. The zero-order valence-corrected chi connectivity index (χ0v) is 9.48. The largest absolute Gasteiger partial charge is 0.249 e. The van der Waals surface area contributed by atoms with E-state index in [4.69, 9.17) is 0 Å². The number of hydrogen-bond donors (Lipinski definition) is 0. The first kappa shape index (κ1) is 9.73. The molecule has 0 saturated heterocycles. The van der Waals surface area contributed by atoms with Gasteiger partial charge in [-0.05, 0) is 36.8 Å². The third kappa shape index (κ3) is 1.25. The summed E-state index contributed by atoms with van der Waals surface area (Å²) in [5, 5.41) is 0. The Kier molecular flexibility index (Phi) is 1.98. The Balaban J connectivity index is 2.37. The van der Waals surface area contributed by atoms with E-state index < -0.39 is 10.8 Å². The van der Waals surface area contributed by atoms with E-state index in [-0.39, 0.29) is 5.82 Å². The molecule has 1 heterocycles. The fraction of sp³-hybridized carbons (Fsp3) is 0.0769. The average molecular weight is 232 g/mol. The third-order valence-electron chi connectivity index (χ3n) is 2.77. The molecule has 0 bridgehead atoms. The highest BCUT2D eigenvalue weighted by molar-refractivity contribution is 7.85. The van der Waals surface area contributed by atoms with Gasteiger partial charge in [-0.15, -0.1) is 0 Å². The maximum atomic E-state index is 13.2. The smallest absolute Gasteiger partial charge is 0.123 e. The van der Waals surface area contributed by atoms with Gasteiger partial charge < -0.3 is 0 Å². The van der Waals surface area contributed by atoms with Gasteiger partial charge >= 0.3 is 0 Å². The van der Waals surface area contributed by atoms with E-state index in [9.17, 15) is 8.60 Å². The van der Waals surface area contributed by atoms with Crippen molar-refractivity contribution in [3.63, 3.8) is 0 Å². The van der Waals surface area contributed by atoms with E-state index in [1.54, 1.807) is 6.07 Å². The molecule has 0 amide bonds. The summed E-state index contributed by atoms with van der Waals surface area (Å²) in [6.07, 6.45) is 0. The molecule has 0 N–H and O–H groups in total. The van der Waals surface area contributed by atoms with E-state index in [1.165, 1.54) is 12.1 Å². The lowest BCUT2D eigenvalue weighted by atomic mass is 10.0. The van der Waals surface area contributed by atoms with Gasteiger partial charge in [0, 0.05) is 5.56 Å². The van der Waals surface area contributed by atoms with E-state index in [2.05, 4.69) is 0 Å². The molecular weight excluding hydrogens is 223 g/mol. The molecule has 1 aliphatic heterocycles. The molecule has 16 heavy (non-hydrogen) atoms. The number of aryl methyl sites for hydroxylation is 1. The van der Waals surface area contributed by atoms with Crippen molar-refractivity contribution in [2.75, 3.05) is 0 Å². The first-order chi connectivity index (χ1) is 7.66. The van der Waals surface area contributed by atoms with Crippen LogP contribution in [0.25, 0.3) is 11.1 Å². The number of fused-ring (bicyclic) bond motifs is 3. The minimum Gasteiger partial charge on any atom is -0.249 e. The molecule has 0 fully saturated rings. The van der Waals surface area contributed by atoms with Crippen molar-refractivity contribution in [3.8, 4) is 11.1 Å². The summed E-state index contributed by atoms with van der Waals surface area (Å²) in [5.41, 5.74) is 2.75. The highest BCUT2D eigenvalue weighted by Gasteiger charge is 2.25. The lowest BCUT2D eigenvalue weighted by Gasteiger charge is -2.00. The molecule has 2 aromatic carbocycles. The maximum absolute atomic E-state index is 13.2. The van der Waals surface area contributed by atoms with E-state index in [1.807, 2.05) is 25.1 Å². The van der Waals surface area contributed by atoms with Crippen molar-refractivity contribution in [3.05, 3.63) is 47.8 Å². The fourth-order valence-corrected chi connectivity index (χ4v) is 3.37. The van der Waals surface area contributed by atoms with Crippen LogP contribution in [-0.2, 0) is 10.8 Å². The number of halogens is 1. The first-order valence-electron chi connectivity index (χ1n) is 4.99. The van der Waals surface area contributed by atoms with Crippen LogP contribution in [0.4, 0.5) is 4.39 Å². The molecule has 80 valence electrons. The monoisotopic (exact) mass is 232 g/mol. The molecule has 0 saturated carbocycles. The molecule has 1 atom stereocenters. The lowest BCUT2D eigenvalue weighted by molar-refractivity contribution is 0.627. The average Bonchev–Trinajstić information content (AvgIpc) is 2.52. The van der Waals surface area contributed by atoms with Gasteiger partial charge in [-0.1, -0.05) is 17.7 Å². The summed E-state index contributed by atoms with van der Waals surface area (Å²) < 4.78 is 25.3. The van der Waals surface area contributed by atoms with Gasteiger partial charge in [-0.2, -0.15) is 0 Å². The van der Waals surface area contributed by atoms with Crippen LogP contribution in [0.1, 0.15) is 5.56 Å². The standard InChI is InChI=1S/C13H9FOS/c1-8-2-4-12-10(6-8)11-7-9(14)3-5-13(11)16(12)15/h2-7H,1H3. The summed E-state index contributed by atoms with van der Waals surface area (Å²) in [6, 6.07) is 10.2. The number of benzene rings is 2. The van der Waals surface area contributed by atoms with Crippen LogP contribution in [0.5, 0.6) is 0 Å². The van der Waals surface area contributed by atoms with E-state index in [0.29, 0.717) is 4.90 Å². The summed E-state index contributed by atoms with van der Waals surface area (Å²) in [6.45, 7) is 1.97. The summed E-state index contributed by atoms with van der Waals surface area (Å²) in [5.74, 6) is -0.287. The van der Waals surface area contributed by atoms with Crippen LogP contribution in [0.15, 0.2) is 46.2 Å². The minimum absolute atomic E-state index is 0.287. The van der Waals surface area contributed by atoms with Gasteiger partial charge in [0.2, 0.25) is 0 Å². The van der Waals surface area contributed by atoms with Crippen LogP contribution < -0.4 is 0 Å². The lowest BCUT2D eigenvalue weighted by Crippen LogP contribution is -1.85. The van der Waals surface area contributed by atoms with Gasteiger partial charge in [0.25, 0.3) is 0 Å². The zero-order valence-electron chi connectivity index (χ0n) is 8.66. The second-order valence-electron chi connectivity index (χ2n) is 3.91. The SMILES string of the molecule is Cc1ccc2c(c1)-c1cc(F)ccc1S2=O. The summed E-state index contributed by atoms with van der Waals surface area (Å²) in [7, 11) is -1.16. The van der Waals surface area contributed by atoms with Crippen molar-refractivity contribution in [2.24, 2.45) is 0 Å². The van der Waals surface area contributed by atoms with Gasteiger partial charge in [-0.3, -0.25) is 0 Å². The molecule has 0 spiro atoms. The van der Waals surface area contributed by atoms with Crippen LogP contribution in [0, 0.1) is 12.7 Å². The zero-order chi connectivity index (χ0) is 11.3. The van der Waals surface area contributed by atoms with Crippen LogP contribution in [-0.4, -0.2) is 4.21 Å². The molecule has 0 aliphatic carbocycles. The number of hydrogen-bond acceptors (Lipinski definition) is 1. The Bertz CT molecular complexity index is 566. The second kappa shape index (κ2) is 3.25. The van der Waals surface area contributed by atoms with Gasteiger partial charge in [-0.25, -0.2) is 8.60 Å². The molecule has 2 aromatic rings. The Hall–Kier alpha value is -1.48. The Labute approximate surface area is 95.4 Å². The second-order valence-corrected chi connectivity index (χ2v) is 5.33. The predicted octanol–water partition coefficient (Wildman–Crippen LogP) is 3.28. The maximum Gasteiger partial charge on any atom is 0.123 e. The Morgan fingerprint density at radius 2 is 1.62 bits per heavy atom. The third-order valence-corrected chi connectivity index (χ3v) is 4.28. The first-order valence-corrected chi connectivity index (χ1v) is 6.14. The van der Waals surface area contributed by atoms with E-state index >= 15 is 0 Å². The van der Waals surface area contributed by atoms with Crippen LogP contribution >= 0.6 is 0 Å². The van der Waals surface area contributed by atoms with Gasteiger partial charge in [0.15, 0.2) is 0 Å². The molecule has 0 radical (unpaired) electrons. The van der Waals surface area contributed by atoms with Crippen molar-refractivity contribution in [2.45, 2.75) is 16.7 Å². The van der Waals surface area contributed by atoms with Crippen molar-refractivity contribution >= 4 is 10.8 Å². The van der Waals surface area contributed by atoms with Gasteiger partial charge in [0.1, 0.15) is 5.82 Å². The molecule has 1 aliphatic rings. The van der Waals surface area contributed by atoms with Gasteiger partial charge in [0.05, 0.1) is 20.6 Å². The highest BCUT2D eigenvalue weighted by Crippen LogP contribution is 2.41. The molecule has 3 rings (SSSR count). The Morgan fingerprint density at radius 3 is 2.38 bits per heavy atom. The molecular formula is C13H9FOS. The molecule has 0 aromatic heterocycles. The summed E-state index contributed by atoms with van der Waals surface area (Å²) >= 11 is 0. The topological polar surface area (TPSA) is 17.1 Å². The Morgan fingerprint density at radius 1 is 1.00 bits per heavy atom. The predicted molar refractivity (Wildman–Crippen MR) is 61.2 cm³/mol. The molecule has 1 nitrogen and oxygen atoms in total. The van der Waals surface area contributed by atoms with Crippen LogP contribution in [0.2, 0.25) is 0 Å². The van der Waals surface area contributed by atoms with Crippen LogP contribution in [0.3, 0.4) is 0 Å². The molecule has 3 heteroatoms.